The van der Waals surface area contributed by atoms with Crippen molar-refractivity contribution in [3.05, 3.63) is 107 Å². The number of aryl methyl sites for hydroxylation is 1. The number of imidazole rings is 1. The van der Waals surface area contributed by atoms with E-state index in [4.69, 9.17) is 14.7 Å². The normalized spacial score (nSPS) is 11.7. The number of nitrogens with one attached hydrogen (secondary N) is 1. The molecule has 0 saturated heterocycles. The highest BCUT2D eigenvalue weighted by molar-refractivity contribution is 6.04. The lowest BCUT2D eigenvalue weighted by atomic mass is 9.88. The molecule has 2 aromatic heterocycles. The first kappa shape index (κ1) is 43.6. The van der Waals surface area contributed by atoms with E-state index in [-0.39, 0.29) is 30.3 Å². The van der Waals surface area contributed by atoms with Gasteiger partial charge in [0.2, 0.25) is 5.91 Å². The van der Waals surface area contributed by atoms with E-state index in [0.29, 0.717) is 25.2 Å². The predicted octanol–water partition coefficient (Wildman–Crippen LogP) is 12.2. The average molecular weight is 773 g/mol. The van der Waals surface area contributed by atoms with Crippen molar-refractivity contribution in [3.8, 4) is 0 Å². The summed E-state index contributed by atoms with van der Waals surface area (Å²) < 4.78 is 8.10. The van der Waals surface area contributed by atoms with Crippen LogP contribution in [0.4, 0.5) is 0 Å². The van der Waals surface area contributed by atoms with Gasteiger partial charge in [-0.1, -0.05) is 172 Å². The van der Waals surface area contributed by atoms with Gasteiger partial charge in [0.05, 0.1) is 23.1 Å². The van der Waals surface area contributed by atoms with Gasteiger partial charge in [-0.2, -0.15) is 0 Å². The number of ether oxygens (including phenoxy) is 1. The Balaban J connectivity index is 1.19. The summed E-state index contributed by atoms with van der Waals surface area (Å²) in [5.41, 5.74) is 7.95. The lowest BCUT2D eigenvalue weighted by Crippen LogP contribution is -2.22. The van der Waals surface area contributed by atoms with Crippen LogP contribution in [0.15, 0.2) is 72.8 Å². The van der Waals surface area contributed by atoms with Gasteiger partial charge < -0.3 is 14.6 Å². The van der Waals surface area contributed by atoms with Gasteiger partial charge in [0, 0.05) is 31.3 Å². The number of aromatic nitrogens is 3. The Morgan fingerprint density at radius 2 is 1.28 bits per heavy atom. The fraction of sp³-hybridized carbons (Fsp3) is 0.520. The topological polar surface area (TPSA) is 86.1 Å². The molecule has 0 atom stereocenters. The number of nitrogens with zero attached hydrogens (tertiary/aromatic N) is 3. The Morgan fingerprint density at radius 1 is 0.684 bits per heavy atom. The van der Waals surface area contributed by atoms with Crippen LogP contribution < -0.4 is 5.32 Å². The summed E-state index contributed by atoms with van der Waals surface area (Å²) in [5, 5.41) is 4.15. The lowest BCUT2D eigenvalue weighted by molar-refractivity contribution is -0.144. The minimum absolute atomic E-state index is 0.0490. The minimum atomic E-state index is -0.316. The van der Waals surface area contributed by atoms with Crippen molar-refractivity contribution in [2.45, 2.75) is 163 Å². The summed E-state index contributed by atoms with van der Waals surface area (Å²) in [6.45, 7) is 12.6. The molecule has 0 fully saturated rings. The molecule has 2 heterocycles. The molecule has 5 aromatic rings. The van der Waals surface area contributed by atoms with E-state index in [1.807, 2.05) is 30.3 Å². The number of hydrogen-bond acceptors (Lipinski definition) is 5. The van der Waals surface area contributed by atoms with Crippen LogP contribution in [0, 0.1) is 5.41 Å². The van der Waals surface area contributed by atoms with Crippen LogP contribution in [0.1, 0.15) is 158 Å². The number of benzene rings is 3. The van der Waals surface area contributed by atoms with Crippen LogP contribution in [-0.2, 0) is 53.3 Å². The molecule has 5 rings (SSSR count). The third-order valence-corrected chi connectivity index (χ3v) is 10.8. The molecule has 0 unspecified atom stereocenters. The van der Waals surface area contributed by atoms with Gasteiger partial charge in [0.1, 0.15) is 17.9 Å². The second-order valence-electron chi connectivity index (χ2n) is 17.3. The molecule has 0 saturated carbocycles. The van der Waals surface area contributed by atoms with Crippen LogP contribution in [-0.4, -0.2) is 26.4 Å². The van der Waals surface area contributed by atoms with Crippen molar-refractivity contribution in [2.24, 2.45) is 5.41 Å². The lowest BCUT2D eigenvalue weighted by Gasteiger charge is -2.18. The molecule has 57 heavy (non-hydrogen) atoms. The third-order valence-electron chi connectivity index (χ3n) is 10.8. The first-order valence-electron chi connectivity index (χ1n) is 22.0. The number of fused-ring (bicyclic) bond motifs is 3. The summed E-state index contributed by atoms with van der Waals surface area (Å²) >= 11 is 0. The van der Waals surface area contributed by atoms with Crippen molar-refractivity contribution >= 4 is 33.8 Å². The molecular weight excluding hydrogens is 705 g/mol. The smallest absolute Gasteiger partial charge is 0.312 e. The average Bonchev–Trinajstić information content (AvgIpc) is 3.56. The van der Waals surface area contributed by atoms with Gasteiger partial charge in [0.15, 0.2) is 0 Å². The molecule has 0 spiro atoms. The van der Waals surface area contributed by atoms with E-state index in [0.717, 1.165) is 83.0 Å². The fourth-order valence-electron chi connectivity index (χ4n) is 7.66. The summed E-state index contributed by atoms with van der Waals surface area (Å²) in [5.74, 6) is 0.809. The number of rotatable bonds is 24. The first-order valence-corrected chi connectivity index (χ1v) is 22.0. The van der Waals surface area contributed by atoms with Gasteiger partial charge in [-0.3, -0.25) is 9.59 Å². The molecule has 1 amide bonds. The Hall–Kier alpha value is -4.52. The van der Waals surface area contributed by atoms with E-state index >= 15 is 0 Å². The molecule has 7 heteroatoms. The molecular formula is C50H68N4O3. The first-order chi connectivity index (χ1) is 27.6. The molecule has 306 valence electrons. The van der Waals surface area contributed by atoms with Gasteiger partial charge in [-0.05, 0) is 53.0 Å². The van der Waals surface area contributed by atoms with Crippen LogP contribution >= 0.6 is 0 Å². The Labute approximate surface area is 342 Å². The van der Waals surface area contributed by atoms with Crippen molar-refractivity contribution in [1.29, 1.82) is 0 Å². The maximum atomic E-state index is 13.3. The molecule has 0 aliphatic carbocycles. The highest BCUT2D eigenvalue weighted by atomic mass is 16.5. The van der Waals surface area contributed by atoms with E-state index < -0.39 is 0 Å². The van der Waals surface area contributed by atoms with Crippen LogP contribution in [0.5, 0.6) is 0 Å². The van der Waals surface area contributed by atoms with E-state index in [1.165, 1.54) is 63.4 Å². The molecule has 0 bridgehead atoms. The molecule has 0 aliphatic heterocycles. The predicted molar refractivity (Wildman–Crippen MR) is 235 cm³/mol. The summed E-state index contributed by atoms with van der Waals surface area (Å²) in [7, 11) is 0. The fourth-order valence-corrected chi connectivity index (χ4v) is 7.66. The van der Waals surface area contributed by atoms with Crippen molar-refractivity contribution in [2.75, 3.05) is 0 Å². The summed E-state index contributed by atoms with van der Waals surface area (Å²) in [6, 6.07) is 25.0. The van der Waals surface area contributed by atoms with Crippen LogP contribution in [0.2, 0.25) is 0 Å². The maximum absolute atomic E-state index is 13.3. The quantitative estimate of drug-likeness (QED) is 0.0498. The van der Waals surface area contributed by atoms with Crippen LogP contribution in [0.3, 0.4) is 0 Å². The van der Waals surface area contributed by atoms with Crippen molar-refractivity contribution in [1.82, 2.24) is 19.9 Å². The Bertz CT molecular complexity index is 1990. The van der Waals surface area contributed by atoms with E-state index in [2.05, 4.69) is 87.0 Å². The summed E-state index contributed by atoms with van der Waals surface area (Å²) in [4.78, 5) is 36.1. The number of amides is 1. The maximum Gasteiger partial charge on any atom is 0.312 e. The van der Waals surface area contributed by atoms with E-state index in [1.54, 1.807) is 0 Å². The number of para-hydroxylation sites is 1. The summed E-state index contributed by atoms with van der Waals surface area (Å²) in [6.07, 6.45) is 18.6. The highest BCUT2D eigenvalue weighted by Gasteiger charge is 2.21. The van der Waals surface area contributed by atoms with Gasteiger partial charge in [-0.15, -0.1) is 0 Å². The number of unbranched alkanes of at least 4 members (excludes halogenated alkanes) is 11. The van der Waals surface area contributed by atoms with Crippen molar-refractivity contribution in [3.63, 3.8) is 0 Å². The zero-order chi connectivity index (χ0) is 40.5. The van der Waals surface area contributed by atoms with Gasteiger partial charge in [0.25, 0.3) is 0 Å². The zero-order valence-electron chi connectivity index (χ0n) is 35.6. The highest BCUT2D eigenvalue weighted by Crippen LogP contribution is 2.30. The number of pyridine rings is 1. The molecule has 3 aromatic carbocycles. The molecule has 1 N–H and O–H groups in total. The number of esters is 1. The van der Waals surface area contributed by atoms with E-state index in [9.17, 15) is 9.59 Å². The van der Waals surface area contributed by atoms with Crippen molar-refractivity contribution < 1.29 is 14.3 Å². The largest absolute Gasteiger partial charge is 0.461 e. The standard InChI is InChI=1S/C50H68N4O3/c1-6-8-10-11-12-13-14-15-16-17-18-24-46(55)51-35-39-27-29-40(30-28-39)36-54-45(23-9-7-2)53-48-44(52-43-22-20-19-21-42(43)49(48)54)33-47(56)57-37-41-31-25-38(26-32-41)34-50(3,4)5/h19-22,25-32H,6-18,23-24,33-37H2,1-5H3,(H,51,55). The zero-order valence-corrected chi connectivity index (χ0v) is 35.6. The van der Waals surface area contributed by atoms with Gasteiger partial charge >= 0.3 is 5.97 Å². The molecule has 0 aliphatic rings. The second-order valence-corrected chi connectivity index (χ2v) is 17.3. The Morgan fingerprint density at radius 3 is 1.95 bits per heavy atom. The number of hydrogen-bond donors (Lipinski definition) is 1. The number of carbonyl (C=O) groups is 2. The third kappa shape index (κ3) is 14.1. The van der Waals surface area contributed by atoms with Gasteiger partial charge in [-0.25, -0.2) is 9.97 Å². The second kappa shape index (κ2) is 22.4. The number of carbonyl (C=O) groups excluding carboxylic acids is 2. The Kier molecular flexibility index (Phi) is 17.2. The molecule has 7 nitrogen and oxygen atoms in total. The van der Waals surface area contributed by atoms with Crippen LogP contribution in [0.25, 0.3) is 21.9 Å². The molecule has 0 radical (unpaired) electrons. The minimum Gasteiger partial charge on any atom is -0.461 e. The monoisotopic (exact) mass is 773 g/mol. The SMILES string of the molecule is CCCCCCCCCCCCCC(=O)NCc1ccc(Cn2c(CCCC)nc3c(CC(=O)OCc4ccc(CC(C)(C)C)cc4)nc4ccccc4c32)cc1.